The van der Waals surface area contributed by atoms with Crippen LogP contribution in [-0.2, 0) is 5.75 Å². The average Bonchev–Trinajstić information content (AvgIpc) is 3.35. The third-order valence-corrected chi connectivity index (χ3v) is 7.32. The molecule has 0 atom stereocenters. The average molecular weight is 532 g/mol. The largest absolute Gasteiger partial charge is 0.341 e. The number of carbonyl (C=O) groups is 1. The number of benzene rings is 4. The van der Waals surface area contributed by atoms with Gasteiger partial charge in [0, 0.05) is 11.3 Å². The van der Waals surface area contributed by atoms with Crippen LogP contribution in [0.15, 0.2) is 101 Å². The second kappa shape index (κ2) is 10.2. The maximum Gasteiger partial charge on any atom is 0.266 e. The Kier molecular flexibility index (Phi) is 6.46. The topological polar surface area (TPSA) is 92.7 Å². The minimum atomic E-state index is -0.257. The van der Waals surface area contributed by atoms with Crippen molar-refractivity contribution in [3.05, 3.63) is 124 Å². The van der Waals surface area contributed by atoms with Crippen molar-refractivity contribution in [1.82, 2.24) is 19.5 Å². The molecule has 0 saturated carbocycles. The lowest BCUT2D eigenvalue weighted by atomic mass is 10.1. The zero-order valence-corrected chi connectivity index (χ0v) is 22.3. The Morgan fingerprint density at radius 2 is 1.62 bits per heavy atom. The van der Waals surface area contributed by atoms with Crippen LogP contribution in [0.1, 0.15) is 27.3 Å². The number of para-hydroxylation sites is 3. The Bertz CT molecular complexity index is 1860. The van der Waals surface area contributed by atoms with Crippen LogP contribution < -0.4 is 10.9 Å². The fourth-order valence-corrected chi connectivity index (χ4v) is 5.55. The quantitative estimate of drug-likeness (QED) is 0.191. The SMILES string of the molecule is Cc1cc(C)cc(NC(=O)c2ccc3c(=O)n(-c4ccccc4)c(SCc4nc5ccccc5[nH]4)nc3c2)c1. The summed E-state index contributed by atoms with van der Waals surface area (Å²) in [5, 5.41) is 3.92. The second-order valence-corrected chi connectivity index (χ2v) is 10.4. The summed E-state index contributed by atoms with van der Waals surface area (Å²) in [5.41, 5.74) is 6.13. The van der Waals surface area contributed by atoms with Crippen LogP contribution in [0.3, 0.4) is 0 Å². The molecule has 0 bridgehead atoms. The van der Waals surface area contributed by atoms with Gasteiger partial charge in [0.25, 0.3) is 11.5 Å². The molecule has 0 aliphatic heterocycles. The highest BCUT2D eigenvalue weighted by molar-refractivity contribution is 7.98. The minimum Gasteiger partial charge on any atom is -0.341 e. The molecule has 0 aliphatic carbocycles. The van der Waals surface area contributed by atoms with Gasteiger partial charge in [0.2, 0.25) is 0 Å². The Morgan fingerprint density at radius 1 is 0.872 bits per heavy atom. The first-order chi connectivity index (χ1) is 18.9. The molecule has 8 heteroatoms. The fourth-order valence-electron chi connectivity index (χ4n) is 4.67. The maximum atomic E-state index is 13.7. The molecule has 0 radical (unpaired) electrons. The van der Waals surface area contributed by atoms with Crippen LogP contribution in [0.5, 0.6) is 0 Å². The molecule has 192 valence electrons. The predicted octanol–water partition coefficient (Wildman–Crippen LogP) is 6.42. The summed E-state index contributed by atoms with van der Waals surface area (Å²) in [6.45, 7) is 3.98. The van der Waals surface area contributed by atoms with E-state index in [0.29, 0.717) is 27.4 Å². The molecule has 0 saturated heterocycles. The van der Waals surface area contributed by atoms with E-state index in [4.69, 9.17) is 4.98 Å². The molecule has 6 rings (SSSR count). The molecule has 2 N–H and O–H groups in total. The summed E-state index contributed by atoms with van der Waals surface area (Å²) in [6, 6.07) is 28.2. The Labute approximate surface area is 228 Å². The summed E-state index contributed by atoms with van der Waals surface area (Å²) in [4.78, 5) is 39.7. The summed E-state index contributed by atoms with van der Waals surface area (Å²) >= 11 is 1.42. The van der Waals surface area contributed by atoms with Gasteiger partial charge in [0.05, 0.1) is 33.4 Å². The fraction of sp³-hybridized carbons (Fsp3) is 0.0968. The number of thioether (sulfide) groups is 1. The lowest BCUT2D eigenvalue weighted by Gasteiger charge is -2.13. The van der Waals surface area contributed by atoms with Crippen LogP contribution in [0, 0.1) is 13.8 Å². The van der Waals surface area contributed by atoms with Crippen molar-refractivity contribution in [3.63, 3.8) is 0 Å². The normalized spacial score (nSPS) is 11.2. The number of hydrogen-bond donors (Lipinski definition) is 2. The minimum absolute atomic E-state index is 0.195. The predicted molar refractivity (Wildman–Crippen MR) is 157 cm³/mol. The van der Waals surface area contributed by atoms with E-state index < -0.39 is 0 Å². The van der Waals surface area contributed by atoms with Crippen molar-refractivity contribution in [2.75, 3.05) is 5.32 Å². The number of nitrogens with zero attached hydrogens (tertiary/aromatic N) is 3. The van der Waals surface area contributed by atoms with E-state index in [2.05, 4.69) is 21.4 Å². The van der Waals surface area contributed by atoms with Crippen molar-refractivity contribution in [2.45, 2.75) is 24.8 Å². The van der Waals surface area contributed by atoms with Gasteiger partial charge in [-0.3, -0.25) is 14.2 Å². The number of fused-ring (bicyclic) bond motifs is 2. The molecule has 0 unspecified atom stereocenters. The van der Waals surface area contributed by atoms with E-state index in [1.807, 2.05) is 80.6 Å². The highest BCUT2D eigenvalue weighted by Crippen LogP contribution is 2.25. The van der Waals surface area contributed by atoms with E-state index >= 15 is 0 Å². The van der Waals surface area contributed by atoms with E-state index in [-0.39, 0.29) is 11.5 Å². The van der Waals surface area contributed by atoms with Gasteiger partial charge in [-0.05, 0) is 79.6 Å². The summed E-state index contributed by atoms with van der Waals surface area (Å²) < 4.78 is 1.62. The number of aromatic nitrogens is 4. The van der Waals surface area contributed by atoms with E-state index in [9.17, 15) is 9.59 Å². The van der Waals surface area contributed by atoms with Gasteiger partial charge in [-0.25, -0.2) is 9.97 Å². The molecule has 2 aromatic heterocycles. The zero-order chi connectivity index (χ0) is 26.9. The number of amides is 1. The number of hydrogen-bond acceptors (Lipinski definition) is 5. The van der Waals surface area contributed by atoms with Crippen LogP contribution in [0.4, 0.5) is 5.69 Å². The molecule has 1 amide bonds. The Balaban J connectivity index is 1.39. The van der Waals surface area contributed by atoms with Crippen molar-refractivity contribution in [3.8, 4) is 5.69 Å². The first kappa shape index (κ1) is 24.6. The van der Waals surface area contributed by atoms with Crippen LogP contribution in [0.2, 0.25) is 0 Å². The number of rotatable bonds is 6. The number of aryl methyl sites for hydroxylation is 2. The lowest BCUT2D eigenvalue weighted by molar-refractivity contribution is 0.102. The van der Waals surface area contributed by atoms with Crippen LogP contribution >= 0.6 is 11.8 Å². The lowest BCUT2D eigenvalue weighted by Crippen LogP contribution is -2.22. The van der Waals surface area contributed by atoms with Gasteiger partial charge < -0.3 is 10.3 Å². The van der Waals surface area contributed by atoms with Crippen LogP contribution in [-0.4, -0.2) is 25.4 Å². The third-order valence-electron chi connectivity index (χ3n) is 6.37. The number of carbonyl (C=O) groups excluding carboxylic acids is 1. The molecule has 39 heavy (non-hydrogen) atoms. The third kappa shape index (κ3) is 5.06. The standard InChI is InChI=1S/C31H25N5O2S/c1-19-14-20(2)16-22(15-19)32-29(37)21-12-13-24-27(17-21)35-31(36(30(24)38)23-8-4-3-5-9-23)39-18-28-33-25-10-6-7-11-26(25)34-28/h3-17H,18H2,1-2H3,(H,32,37)(H,33,34). The molecule has 0 spiro atoms. The van der Waals surface area contributed by atoms with Gasteiger partial charge in [0.15, 0.2) is 5.16 Å². The molecule has 7 nitrogen and oxygen atoms in total. The first-order valence-corrected chi connectivity index (χ1v) is 13.5. The number of anilines is 1. The number of H-pyrrole nitrogens is 1. The van der Waals surface area contributed by atoms with Gasteiger partial charge >= 0.3 is 0 Å². The zero-order valence-electron chi connectivity index (χ0n) is 21.4. The van der Waals surface area contributed by atoms with Gasteiger partial charge in [-0.1, -0.05) is 48.2 Å². The molecular formula is C31H25N5O2S. The smallest absolute Gasteiger partial charge is 0.266 e. The highest BCUT2D eigenvalue weighted by Gasteiger charge is 2.16. The molecular weight excluding hydrogens is 506 g/mol. The number of imidazole rings is 1. The molecule has 4 aromatic carbocycles. The van der Waals surface area contributed by atoms with Crippen molar-refractivity contribution in [1.29, 1.82) is 0 Å². The van der Waals surface area contributed by atoms with E-state index in [0.717, 1.165) is 39.4 Å². The van der Waals surface area contributed by atoms with E-state index in [1.54, 1.807) is 22.8 Å². The summed E-state index contributed by atoms with van der Waals surface area (Å²) in [7, 11) is 0. The van der Waals surface area contributed by atoms with Gasteiger partial charge in [-0.2, -0.15) is 0 Å². The first-order valence-electron chi connectivity index (χ1n) is 12.5. The summed E-state index contributed by atoms with van der Waals surface area (Å²) in [6.07, 6.45) is 0. The van der Waals surface area contributed by atoms with Crippen molar-refractivity contribution < 1.29 is 4.79 Å². The van der Waals surface area contributed by atoms with Crippen LogP contribution in [0.25, 0.3) is 27.6 Å². The van der Waals surface area contributed by atoms with Gasteiger partial charge in [0.1, 0.15) is 5.82 Å². The molecule has 0 fully saturated rings. The van der Waals surface area contributed by atoms with Crippen molar-refractivity contribution in [2.24, 2.45) is 0 Å². The maximum absolute atomic E-state index is 13.7. The van der Waals surface area contributed by atoms with E-state index in [1.165, 1.54) is 11.8 Å². The summed E-state index contributed by atoms with van der Waals surface area (Å²) in [5.74, 6) is 1.02. The Morgan fingerprint density at radius 3 is 2.38 bits per heavy atom. The second-order valence-electron chi connectivity index (χ2n) is 9.42. The van der Waals surface area contributed by atoms with Gasteiger partial charge in [-0.15, -0.1) is 0 Å². The Hall–Kier alpha value is -4.69. The molecule has 6 aromatic rings. The number of nitrogens with one attached hydrogen (secondary N) is 2. The number of aromatic amines is 1. The monoisotopic (exact) mass is 531 g/mol. The highest BCUT2D eigenvalue weighted by atomic mass is 32.2. The van der Waals surface area contributed by atoms with Crippen molar-refractivity contribution >= 4 is 45.3 Å². The molecule has 0 aliphatic rings. The molecule has 2 heterocycles.